The lowest BCUT2D eigenvalue weighted by molar-refractivity contribution is -0.113. The molecule has 1 amide bonds. The molecule has 32 heavy (non-hydrogen) atoms. The zero-order valence-corrected chi connectivity index (χ0v) is 20.2. The minimum absolute atomic E-state index is 0.0166. The van der Waals surface area contributed by atoms with Crippen molar-refractivity contribution in [2.24, 2.45) is 4.99 Å². The zero-order valence-electron chi connectivity index (χ0n) is 17.8. The van der Waals surface area contributed by atoms with Crippen molar-refractivity contribution in [3.8, 4) is 11.5 Å². The highest BCUT2D eigenvalue weighted by molar-refractivity contribution is 9.10. The van der Waals surface area contributed by atoms with Gasteiger partial charge in [0.1, 0.15) is 0 Å². The Morgan fingerprint density at radius 3 is 2.28 bits per heavy atom. The number of aromatic hydroxyl groups is 1. The number of hydrogen-bond donors (Lipinski definition) is 1. The number of halogens is 1. The van der Waals surface area contributed by atoms with Gasteiger partial charge in [-0.1, -0.05) is 35.4 Å². The third-order valence-electron chi connectivity index (χ3n) is 4.93. The van der Waals surface area contributed by atoms with E-state index in [0.29, 0.717) is 20.3 Å². The summed E-state index contributed by atoms with van der Waals surface area (Å²) < 4.78 is 5.72. The summed E-state index contributed by atoms with van der Waals surface area (Å²) in [5.41, 5.74) is 4.52. The molecule has 1 aliphatic rings. The average Bonchev–Trinajstić information content (AvgIpc) is 3.07. The van der Waals surface area contributed by atoms with Crippen LogP contribution >= 0.6 is 27.7 Å². The van der Waals surface area contributed by atoms with E-state index in [0.717, 1.165) is 28.1 Å². The number of phenols is 1. The van der Waals surface area contributed by atoms with Crippen LogP contribution in [-0.2, 0) is 4.79 Å². The van der Waals surface area contributed by atoms with E-state index in [-0.39, 0.29) is 11.7 Å². The van der Waals surface area contributed by atoms with E-state index >= 15 is 0 Å². The van der Waals surface area contributed by atoms with Gasteiger partial charge in [-0.2, -0.15) is 0 Å². The van der Waals surface area contributed by atoms with Crippen LogP contribution in [0.4, 0.5) is 11.4 Å². The van der Waals surface area contributed by atoms with Crippen LogP contribution in [0.1, 0.15) is 16.7 Å². The summed E-state index contributed by atoms with van der Waals surface area (Å²) in [4.78, 5) is 20.3. The molecule has 0 bridgehead atoms. The first-order valence-corrected chi connectivity index (χ1v) is 11.5. The molecule has 0 atom stereocenters. The number of thioether (sulfide) groups is 1. The van der Waals surface area contributed by atoms with Crippen molar-refractivity contribution in [3.05, 3.63) is 86.7 Å². The Bertz CT molecular complexity index is 1240. The van der Waals surface area contributed by atoms with Crippen molar-refractivity contribution in [1.29, 1.82) is 0 Å². The highest BCUT2D eigenvalue weighted by Gasteiger charge is 2.34. The fourth-order valence-corrected chi connectivity index (χ4v) is 4.64. The summed E-state index contributed by atoms with van der Waals surface area (Å²) >= 11 is 4.65. The van der Waals surface area contributed by atoms with Crippen molar-refractivity contribution in [1.82, 2.24) is 0 Å². The fraction of sp³-hybridized carbons (Fsp3) is 0.120. The Kier molecular flexibility index (Phi) is 6.39. The van der Waals surface area contributed by atoms with E-state index in [4.69, 9.17) is 9.73 Å². The van der Waals surface area contributed by atoms with Crippen LogP contribution in [-0.4, -0.2) is 23.3 Å². The highest BCUT2D eigenvalue weighted by atomic mass is 79.9. The van der Waals surface area contributed by atoms with Crippen molar-refractivity contribution < 1.29 is 14.6 Å². The van der Waals surface area contributed by atoms with Gasteiger partial charge in [-0.15, -0.1) is 0 Å². The van der Waals surface area contributed by atoms with E-state index in [9.17, 15) is 9.90 Å². The van der Waals surface area contributed by atoms with Gasteiger partial charge in [0.25, 0.3) is 5.91 Å². The Labute approximate surface area is 199 Å². The molecular formula is C25H21BrN2O3S. The van der Waals surface area contributed by atoms with Crippen LogP contribution in [0.15, 0.2) is 75.0 Å². The molecule has 1 aliphatic heterocycles. The lowest BCUT2D eigenvalue weighted by Crippen LogP contribution is -2.28. The molecule has 0 aliphatic carbocycles. The quantitative estimate of drug-likeness (QED) is 0.403. The van der Waals surface area contributed by atoms with Crippen molar-refractivity contribution in [2.75, 3.05) is 12.0 Å². The van der Waals surface area contributed by atoms with Crippen LogP contribution in [0.3, 0.4) is 0 Å². The summed E-state index contributed by atoms with van der Waals surface area (Å²) in [6.07, 6.45) is 1.78. The van der Waals surface area contributed by atoms with Crippen molar-refractivity contribution in [2.45, 2.75) is 13.8 Å². The molecule has 1 N–H and O–H groups in total. The lowest BCUT2D eigenvalue weighted by atomic mass is 10.1. The van der Waals surface area contributed by atoms with Gasteiger partial charge in [-0.25, -0.2) is 4.99 Å². The maximum atomic E-state index is 13.4. The number of methoxy groups -OCH3 is 1. The van der Waals surface area contributed by atoms with Crippen molar-refractivity contribution >= 4 is 56.2 Å². The minimum atomic E-state index is -0.159. The van der Waals surface area contributed by atoms with E-state index in [1.165, 1.54) is 18.9 Å². The van der Waals surface area contributed by atoms with Gasteiger partial charge in [-0.05, 0) is 89.6 Å². The number of aryl methyl sites for hydroxylation is 2. The first-order valence-electron chi connectivity index (χ1n) is 9.88. The highest BCUT2D eigenvalue weighted by Crippen LogP contribution is 2.40. The number of aliphatic imine (C=N–C) groups is 1. The second kappa shape index (κ2) is 9.22. The van der Waals surface area contributed by atoms with Crippen LogP contribution in [0.25, 0.3) is 6.08 Å². The van der Waals surface area contributed by atoms with E-state index < -0.39 is 0 Å². The molecule has 1 saturated heterocycles. The molecule has 7 heteroatoms. The monoisotopic (exact) mass is 508 g/mol. The number of rotatable bonds is 4. The van der Waals surface area contributed by atoms with Gasteiger partial charge in [-0.3, -0.25) is 9.69 Å². The Hall–Kier alpha value is -3.03. The van der Waals surface area contributed by atoms with Gasteiger partial charge in [0.15, 0.2) is 16.7 Å². The van der Waals surface area contributed by atoms with E-state index in [1.807, 2.05) is 62.4 Å². The number of anilines is 1. The van der Waals surface area contributed by atoms with Crippen LogP contribution in [0.2, 0.25) is 0 Å². The third-order valence-corrected chi connectivity index (χ3v) is 6.50. The predicted molar refractivity (Wildman–Crippen MR) is 135 cm³/mol. The largest absolute Gasteiger partial charge is 0.503 e. The number of hydrogen-bond acceptors (Lipinski definition) is 5. The minimum Gasteiger partial charge on any atom is -0.503 e. The molecule has 3 aromatic carbocycles. The third kappa shape index (κ3) is 4.59. The van der Waals surface area contributed by atoms with Gasteiger partial charge < -0.3 is 9.84 Å². The molecule has 1 heterocycles. The molecular weight excluding hydrogens is 488 g/mol. The standard InChI is InChI=1S/C25H21BrN2O3S/c1-15-4-8-18(9-5-15)27-25-28(19-10-6-16(2)7-11-19)24(30)22(32-25)14-17-12-20(26)23(29)21(13-17)31-3/h4-14,29H,1-3H3/b22-14-,27-25?. The molecule has 3 aromatic rings. The topological polar surface area (TPSA) is 62.1 Å². The van der Waals surface area contributed by atoms with Gasteiger partial charge in [0.2, 0.25) is 0 Å². The molecule has 0 aromatic heterocycles. The van der Waals surface area contributed by atoms with Crippen molar-refractivity contribution in [3.63, 3.8) is 0 Å². The van der Waals surface area contributed by atoms with Crippen LogP contribution < -0.4 is 9.64 Å². The fourth-order valence-electron chi connectivity index (χ4n) is 3.18. The van der Waals surface area contributed by atoms with Gasteiger partial charge in [0.05, 0.1) is 27.9 Å². The van der Waals surface area contributed by atoms with Gasteiger partial charge in [0, 0.05) is 0 Å². The van der Waals surface area contributed by atoms with Crippen LogP contribution in [0.5, 0.6) is 11.5 Å². The number of amides is 1. The Morgan fingerprint density at radius 2 is 1.66 bits per heavy atom. The smallest absolute Gasteiger partial charge is 0.271 e. The second-order valence-corrected chi connectivity index (χ2v) is 9.23. The summed E-state index contributed by atoms with van der Waals surface area (Å²) in [5.74, 6) is 0.182. The molecule has 0 saturated carbocycles. The first kappa shape index (κ1) is 22.2. The number of amidine groups is 1. The SMILES string of the molecule is COc1cc(/C=C2\SC(=Nc3ccc(C)cc3)N(c3ccc(C)cc3)C2=O)cc(Br)c1O. The second-order valence-electron chi connectivity index (χ2n) is 7.37. The number of carbonyl (C=O) groups excluding carboxylic acids is 1. The maximum Gasteiger partial charge on any atom is 0.271 e. The molecule has 0 unspecified atom stereocenters. The number of carbonyl (C=O) groups is 1. The van der Waals surface area contributed by atoms with Crippen LogP contribution in [0, 0.1) is 13.8 Å². The summed E-state index contributed by atoms with van der Waals surface area (Å²) in [5, 5.41) is 10.7. The molecule has 1 fully saturated rings. The molecule has 0 radical (unpaired) electrons. The predicted octanol–water partition coefficient (Wildman–Crippen LogP) is 6.59. The molecule has 0 spiro atoms. The zero-order chi connectivity index (χ0) is 22.8. The Morgan fingerprint density at radius 1 is 1.03 bits per heavy atom. The molecule has 162 valence electrons. The molecule has 5 nitrogen and oxygen atoms in total. The lowest BCUT2D eigenvalue weighted by Gasteiger charge is -2.16. The number of phenolic OH excluding ortho intramolecular Hbond substituents is 1. The maximum absolute atomic E-state index is 13.4. The first-order chi connectivity index (χ1) is 15.4. The van der Waals surface area contributed by atoms with E-state index in [2.05, 4.69) is 15.9 Å². The molecule has 4 rings (SSSR count). The summed E-state index contributed by atoms with van der Waals surface area (Å²) in [7, 11) is 1.49. The number of nitrogens with zero attached hydrogens (tertiary/aromatic N) is 2. The normalized spacial score (nSPS) is 16.2. The Balaban J connectivity index is 1.78. The van der Waals surface area contributed by atoms with E-state index in [1.54, 1.807) is 23.1 Å². The summed E-state index contributed by atoms with van der Waals surface area (Å²) in [6.45, 7) is 4.03. The number of benzene rings is 3. The summed E-state index contributed by atoms with van der Waals surface area (Å²) in [6, 6.07) is 19.1. The van der Waals surface area contributed by atoms with Gasteiger partial charge >= 0.3 is 0 Å². The number of ether oxygens (including phenoxy) is 1. The average molecular weight is 509 g/mol.